The summed E-state index contributed by atoms with van der Waals surface area (Å²) in [7, 11) is 0. The van der Waals surface area contributed by atoms with Crippen molar-refractivity contribution in [1.29, 1.82) is 0 Å². The molecule has 0 spiro atoms. The van der Waals surface area contributed by atoms with Crippen LogP contribution in [0.2, 0.25) is 5.02 Å². The van der Waals surface area contributed by atoms with Crippen molar-refractivity contribution in [3.05, 3.63) is 28.8 Å². The second-order valence-electron chi connectivity index (χ2n) is 3.07. The highest BCUT2D eigenvalue weighted by Gasteiger charge is 2.09. The summed E-state index contributed by atoms with van der Waals surface area (Å²) < 4.78 is 0. The van der Waals surface area contributed by atoms with Gasteiger partial charge < -0.3 is 16.2 Å². The fraction of sp³-hybridized carbons (Fsp3) is 0.300. The van der Waals surface area contributed by atoms with Gasteiger partial charge in [-0.05, 0) is 24.6 Å². The predicted octanol–water partition coefficient (Wildman–Crippen LogP) is 1.03. The molecule has 5 heteroatoms. The van der Waals surface area contributed by atoms with Crippen molar-refractivity contribution >= 4 is 23.2 Å². The summed E-state index contributed by atoms with van der Waals surface area (Å²) in [5.41, 5.74) is 6.41. The molecule has 82 valence electrons. The molecular formula is C10H13ClN2O2. The maximum absolute atomic E-state index is 11.5. The second kappa shape index (κ2) is 5.58. The monoisotopic (exact) mass is 228 g/mol. The summed E-state index contributed by atoms with van der Waals surface area (Å²) in [4.78, 5) is 11.5. The minimum absolute atomic E-state index is 0.0513. The number of anilines is 1. The van der Waals surface area contributed by atoms with Crippen LogP contribution in [0.5, 0.6) is 0 Å². The lowest BCUT2D eigenvalue weighted by Crippen LogP contribution is -2.25. The average Bonchev–Trinajstić information content (AvgIpc) is 2.17. The molecule has 4 N–H and O–H groups in total. The molecule has 0 radical (unpaired) electrons. The van der Waals surface area contributed by atoms with E-state index in [-0.39, 0.29) is 12.5 Å². The van der Waals surface area contributed by atoms with Crippen molar-refractivity contribution in [2.75, 3.05) is 18.9 Å². The molecular weight excluding hydrogens is 216 g/mol. The number of aliphatic hydroxyl groups excluding tert-OH is 1. The number of hydrogen-bond donors (Lipinski definition) is 3. The molecule has 0 bridgehead atoms. The Morgan fingerprint density at radius 3 is 2.87 bits per heavy atom. The number of nitrogens with one attached hydrogen (secondary N) is 1. The lowest BCUT2D eigenvalue weighted by Gasteiger charge is -2.06. The Morgan fingerprint density at radius 1 is 1.53 bits per heavy atom. The average molecular weight is 229 g/mol. The third-order valence-electron chi connectivity index (χ3n) is 1.86. The van der Waals surface area contributed by atoms with Gasteiger partial charge in [-0.3, -0.25) is 4.79 Å². The minimum atomic E-state index is -0.256. The first-order chi connectivity index (χ1) is 7.15. The number of rotatable bonds is 4. The summed E-state index contributed by atoms with van der Waals surface area (Å²) in [6.07, 6.45) is 0.526. The van der Waals surface area contributed by atoms with Gasteiger partial charge in [-0.25, -0.2) is 0 Å². The largest absolute Gasteiger partial charge is 0.399 e. The molecule has 0 atom stereocenters. The van der Waals surface area contributed by atoms with Gasteiger partial charge >= 0.3 is 0 Å². The fourth-order valence-electron chi connectivity index (χ4n) is 1.09. The van der Waals surface area contributed by atoms with Crippen LogP contribution in [0.15, 0.2) is 18.2 Å². The molecule has 0 aliphatic heterocycles. The molecule has 15 heavy (non-hydrogen) atoms. The predicted molar refractivity (Wildman–Crippen MR) is 59.9 cm³/mol. The molecule has 0 heterocycles. The summed E-state index contributed by atoms with van der Waals surface area (Å²) >= 11 is 5.85. The smallest absolute Gasteiger partial charge is 0.252 e. The Morgan fingerprint density at radius 2 is 2.27 bits per heavy atom. The van der Waals surface area contributed by atoms with Gasteiger partial charge in [-0.1, -0.05) is 11.6 Å². The molecule has 1 aromatic carbocycles. The van der Waals surface area contributed by atoms with Gasteiger partial charge in [0.05, 0.1) is 10.6 Å². The van der Waals surface area contributed by atoms with Gasteiger partial charge in [0.1, 0.15) is 0 Å². The molecule has 0 aromatic heterocycles. The first kappa shape index (κ1) is 11.8. The molecule has 0 saturated carbocycles. The van der Waals surface area contributed by atoms with Gasteiger partial charge in [0.25, 0.3) is 5.91 Å². The van der Waals surface area contributed by atoms with E-state index in [1.54, 1.807) is 12.1 Å². The second-order valence-corrected chi connectivity index (χ2v) is 3.48. The molecule has 0 aliphatic rings. The van der Waals surface area contributed by atoms with Crippen molar-refractivity contribution in [3.63, 3.8) is 0 Å². The van der Waals surface area contributed by atoms with Crippen LogP contribution in [-0.4, -0.2) is 24.2 Å². The Balaban J connectivity index is 2.65. The van der Waals surface area contributed by atoms with E-state index in [1.165, 1.54) is 6.07 Å². The first-order valence-electron chi connectivity index (χ1n) is 4.59. The summed E-state index contributed by atoms with van der Waals surface area (Å²) in [6.45, 7) is 0.478. The highest BCUT2D eigenvalue weighted by atomic mass is 35.5. The minimum Gasteiger partial charge on any atom is -0.399 e. The number of carbonyl (C=O) groups is 1. The maximum atomic E-state index is 11.5. The SMILES string of the molecule is Nc1ccc(C(=O)NCCCO)c(Cl)c1. The number of aliphatic hydroxyl groups is 1. The van der Waals surface area contributed by atoms with E-state index in [4.69, 9.17) is 22.4 Å². The lowest BCUT2D eigenvalue weighted by atomic mass is 10.2. The summed E-state index contributed by atoms with van der Waals surface area (Å²) in [5.74, 6) is -0.256. The zero-order valence-corrected chi connectivity index (χ0v) is 8.92. The summed E-state index contributed by atoms with van der Waals surface area (Å²) in [6, 6.07) is 4.72. The zero-order valence-electron chi connectivity index (χ0n) is 8.16. The van der Waals surface area contributed by atoms with Gasteiger partial charge in [0.15, 0.2) is 0 Å². The standard InChI is InChI=1S/C10H13ClN2O2/c11-9-6-7(12)2-3-8(9)10(15)13-4-1-5-14/h2-3,6,14H,1,4-5,12H2,(H,13,15). The van der Waals surface area contributed by atoms with Crippen LogP contribution in [0.25, 0.3) is 0 Å². The molecule has 0 fully saturated rings. The fourth-order valence-corrected chi connectivity index (χ4v) is 1.37. The quantitative estimate of drug-likeness (QED) is 0.532. The number of halogens is 1. The molecule has 1 amide bonds. The molecule has 0 saturated heterocycles. The Hall–Kier alpha value is -1.26. The molecule has 0 aliphatic carbocycles. The zero-order chi connectivity index (χ0) is 11.3. The van der Waals surface area contributed by atoms with E-state index >= 15 is 0 Å². The highest BCUT2D eigenvalue weighted by Crippen LogP contribution is 2.18. The van der Waals surface area contributed by atoms with Crippen molar-refractivity contribution in [1.82, 2.24) is 5.32 Å². The third kappa shape index (κ3) is 3.42. The number of hydrogen-bond acceptors (Lipinski definition) is 3. The van der Waals surface area contributed by atoms with Crippen molar-refractivity contribution in [2.24, 2.45) is 0 Å². The molecule has 1 rings (SSSR count). The van der Waals surface area contributed by atoms with Crippen LogP contribution >= 0.6 is 11.6 Å². The number of amides is 1. The summed E-state index contributed by atoms with van der Waals surface area (Å²) in [5, 5.41) is 11.5. The van der Waals surface area contributed by atoms with Crippen LogP contribution in [0.3, 0.4) is 0 Å². The van der Waals surface area contributed by atoms with E-state index in [1.807, 2.05) is 0 Å². The molecule has 4 nitrogen and oxygen atoms in total. The molecule has 0 unspecified atom stereocenters. The van der Waals surface area contributed by atoms with Gasteiger partial charge in [-0.2, -0.15) is 0 Å². The van der Waals surface area contributed by atoms with Gasteiger partial charge in [-0.15, -0.1) is 0 Å². The Bertz CT molecular complexity index is 355. The highest BCUT2D eigenvalue weighted by molar-refractivity contribution is 6.34. The normalized spacial score (nSPS) is 10.0. The molecule has 1 aromatic rings. The van der Waals surface area contributed by atoms with Gasteiger partial charge in [0.2, 0.25) is 0 Å². The van der Waals surface area contributed by atoms with Crippen LogP contribution in [-0.2, 0) is 0 Å². The van der Waals surface area contributed by atoms with E-state index in [9.17, 15) is 4.79 Å². The van der Waals surface area contributed by atoms with E-state index in [0.29, 0.717) is 29.2 Å². The number of benzene rings is 1. The van der Waals surface area contributed by atoms with Gasteiger partial charge in [0, 0.05) is 18.8 Å². The van der Waals surface area contributed by atoms with E-state index < -0.39 is 0 Å². The van der Waals surface area contributed by atoms with Crippen molar-refractivity contribution in [2.45, 2.75) is 6.42 Å². The Kier molecular flexibility index (Phi) is 4.39. The number of nitrogen functional groups attached to an aromatic ring is 1. The topological polar surface area (TPSA) is 75.4 Å². The first-order valence-corrected chi connectivity index (χ1v) is 4.97. The van der Waals surface area contributed by atoms with E-state index in [0.717, 1.165) is 0 Å². The van der Waals surface area contributed by atoms with E-state index in [2.05, 4.69) is 5.32 Å². The van der Waals surface area contributed by atoms with Crippen LogP contribution in [0.1, 0.15) is 16.8 Å². The lowest BCUT2D eigenvalue weighted by molar-refractivity contribution is 0.0951. The van der Waals surface area contributed by atoms with Crippen LogP contribution in [0.4, 0.5) is 5.69 Å². The number of nitrogens with two attached hydrogens (primary N) is 1. The van der Waals surface area contributed by atoms with Crippen LogP contribution in [0, 0.1) is 0 Å². The Labute approximate surface area is 93.0 Å². The van der Waals surface area contributed by atoms with Crippen molar-refractivity contribution in [3.8, 4) is 0 Å². The number of carbonyl (C=O) groups excluding carboxylic acids is 1. The third-order valence-corrected chi connectivity index (χ3v) is 2.17. The van der Waals surface area contributed by atoms with Crippen LogP contribution < -0.4 is 11.1 Å². The van der Waals surface area contributed by atoms with Crippen molar-refractivity contribution < 1.29 is 9.90 Å². The maximum Gasteiger partial charge on any atom is 0.252 e.